The van der Waals surface area contributed by atoms with Crippen molar-refractivity contribution in [3.63, 3.8) is 0 Å². The summed E-state index contributed by atoms with van der Waals surface area (Å²) in [5.74, 6) is -0.0715. The predicted octanol–water partition coefficient (Wildman–Crippen LogP) is 4.32. The molecule has 0 aliphatic heterocycles. The van der Waals surface area contributed by atoms with Crippen LogP contribution in [-0.2, 0) is 4.79 Å². The molecular formula is C21H30O3. The second-order valence-corrected chi connectivity index (χ2v) is 9.10. The molecule has 0 aromatic heterocycles. The highest BCUT2D eigenvalue weighted by Gasteiger charge is 2.57. The van der Waals surface area contributed by atoms with Gasteiger partial charge in [0.1, 0.15) is 0 Å². The van der Waals surface area contributed by atoms with Crippen LogP contribution < -0.4 is 0 Å². The molecule has 0 radical (unpaired) electrons. The minimum absolute atomic E-state index is 0.0590. The molecule has 0 aromatic rings. The number of hydrogen-bond donors (Lipinski definition) is 2. The molecular weight excluding hydrogens is 300 g/mol. The van der Waals surface area contributed by atoms with Gasteiger partial charge in [0.15, 0.2) is 6.10 Å². The molecule has 2 N–H and O–H groups in total. The van der Waals surface area contributed by atoms with E-state index in [1.165, 1.54) is 25.7 Å². The molecule has 132 valence electrons. The molecule has 0 heterocycles. The number of aliphatic carboxylic acids is 1. The first-order valence-corrected chi connectivity index (χ1v) is 9.70. The Hall–Kier alpha value is -1.09. The highest BCUT2D eigenvalue weighted by molar-refractivity contribution is 5.72. The molecule has 1 unspecified atom stereocenters. The van der Waals surface area contributed by atoms with Crippen molar-refractivity contribution in [2.24, 2.45) is 28.6 Å². The lowest BCUT2D eigenvalue weighted by Crippen LogP contribution is -2.47. The fourth-order valence-corrected chi connectivity index (χ4v) is 6.77. The van der Waals surface area contributed by atoms with Crippen molar-refractivity contribution in [3.8, 4) is 0 Å². The smallest absolute Gasteiger partial charge is 0.332 e. The number of aliphatic hydroxyl groups is 1. The quantitative estimate of drug-likeness (QED) is 0.792. The maximum absolute atomic E-state index is 11.4. The molecule has 3 nitrogen and oxygen atoms in total. The molecule has 6 atom stereocenters. The van der Waals surface area contributed by atoms with Gasteiger partial charge in [-0.3, -0.25) is 0 Å². The topological polar surface area (TPSA) is 57.5 Å². The monoisotopic (exact) mass is 330 g/mol. The third-order valence-electron chi connectivity index (χ3n) is 8.19. The summed E-state index contributed by atoms with van der Waals surface area (Å²) in [5.41, 5.74) is 3.48. The van der Waals surface area contributed by atoms with E-state index in [0.29, 0.717) is 17.3 Å². The van der Waals surface area contributed by atoms with E-state index in [1.807, 2.05) is 0 Å². The normalized spacial score (nSPS) is 45.4. The summed E-state index contributed by atoms with van der Waals surface area (Å²) >= 11 is 0. The maximum atomic E-state index is 11.4. The molecule has 0 bridgehead atoms. The standard InChI is InChI=1S/C21H30O3/c1-20-11-4-3-5-13(20)6-7-14-15-8-9-17(18(22)19(23)24)21(15,2)12-10-16(14)20/h6-7,15-18,22H,3-5,8-12H2,1-2H3,(H,23,24)/t15-,16-,17+,18?,20-,21-/m0/s1. The van der Waals surface area contributed by atoms with E-state index >= 15 is 0 Å². The first-order valence-electron chi connectivity index (χ1n) is 9.70. The minimum Gasteiger partial charge on any atom is -0.479 e. The van der Waals surface area contributed by atoms with Crippen molar-refractivity contribution < 1.29 is 15.0 Å². The van der Waals surface area contributed by atoms with Crippen molar-refractivity contribution >= 4 is 5.97 Å². The highest BCUT2D eigenvalue weighted by Crippen LogP contribution is 2.65. The van der Waals surface area contributed by atoms with Crippen molar-refractivity contribution in [1.82, 2.24) is 0 Å². The summed E-state index contributed by atoms with van der Waals surface area (Å²) in [7, 11) is 0. The van der Waals surface area contributed by atoms with Gasteiger partial charge in [0, 0.05) is 5.92 Å². The van der Waals surface area contributed by atoms with Gasteiger partial charge in [0.05, 0.1) is 0 Å². The lowest BCUT2D eigenvalue weighted by Gasteiger charge is -2.54. The Kier molecular flexibility index (Phi) is 3.72. The Morgan fingerprint density at radius 2 is 1.92 bits per heavy atom. The summed E-state index contributed by atoms with van der Waals surface area (Å²) in [5, 5.41) is 19.5. The SMILES string of the molecule is C[C@]12CC[C@H]3C(=CC=C4CCCC[C@@]43C)[C@@H]1CC[C@@H]2C(O)C(=O)O. The number of rotatable bonds is 2. The average Bonchev–Trinajstić information content (AvgIpc) is 2.90. The van der Waals surface area contributed by atoms with Gasteiger partial charge in [-0.05, 0) is 67.6 Å². The van der Waals surface area contributed by atoms with Gasteiger partial charge in [-0.25, -0.2) is 4.79 Å². The van der Waals surface area contributed by atoms with Crippen LogP contribution in [0.15, 0.2) is 23.3 Å². The van der Waals surface area contributed by atoms with Crippen LogP contribution in [0.25, 0.3) is 0 Å². The zero-order chi connectivity index (χ0) is 17.1. The Bertz CT molecular complexity index is 619. The van der Waals surface area contributed by atoms with Gasteiger partial charge in [-0.15, -0.1) is 0 Å². The molecule has 0 saturated heterocycles. The minimum atomic E-state index is -1.21. The molecule has 0 aromatic carbocycles. The van der Waals surface area contributed by atoms with E-state index < -0.39 is 12.1 Å². The van der Waals surface area contributed by atoms with Gasteiger partial charge >= 0.3 is 5.97 Å². The molecule has 4 aliphatic rings. The zero-order valence-corrected chi connectivity index (χ0v) is 14.9. The number of fused-ring (bicyclic) bond motifs is 5. The van der Waals surface area contributed by atoms with Crippen molar-refractivity contribution in [3.05, 3.63) is 23.3 Å². The molecule has 0 spiro atoms. The summed E-state index contributed by atoms with van der Waals surface area (Å²) in [6, 6.07) is 0. The van der Waals surface area contributed by atoms with Gasteiger partial charge in [0.2, 0.25) is 0 Å². The van der Waals surface area contributed by atoms with E-state index in [0.717, 1.165) is 25.7 Å². The lowest BCUT2D eigenvalue weighted by molar-refractivity contribution is -0.153. The number of carbonyl (C=O) groups is 1. The van der Waals surface area contributed by atoms with Gasteiger partial charge in [-0.2, -0.15) is 0 Å². The molecule has 3 heteroatoms. The number of aliphatic hydroxyl groups excluding tert-OH is 1. The molecule has 3 fully saturated rings. The Morgan fingerprint density at radius 3 is 2.67 bits per heavy atom. The highest BCUT2D eigenvalue weighted by atomic mass is 16.4. The van der Waals surface area contributed by atoms with Crippen LogP contribution in [0, 0.1) is 28.6 Å². The van der Waals surface area contributed by atoms with E-state index in [4.69, 9.17) is 0 Å². The Labute approximate surface area is 144 Å². The number of allylic oxidation sites excluding steroid dienone is 4. The van der Waals surface area contributed by atoms with E-state index in [1.54, 1.807) is 11.1 Å². The fourth-order valence-electron chi connectivity index (χ4n) is 6.77. The summed E-state index contributed by atoms with van der Waals surface area (Å²) in [4.78, 5) is 11.4. The third kappa shape index (κ3) is 2.09. The molecule has 24 heavy (non-hydrogen) atoms. The van der Waals surface area contributed by atoms with Crippen LogP contribution in [0.2, 0.25) is 0 Å². The van der Waals surface area contributed by atoms with Crippen molar-refractivity contribution in [1.29, 1.82) is 0 Å². The van der Waals surface area contributed by atoms with Crippen LogP contribution in [-0.4, -0.2) is 22.3 Å². The second-order valence-electron chi connectivity index (χ2n) is 9.10. The first-order chi connectivity index (χ1) is 11.4. The zero-order valence-electron chi connectivity index (χ0n) is 14.9. The Morgan fingerprint density at radius 1 is 1.12 bits per heavy atom. The van der Waals surface area contributed by atoms with Gasteiger partial charge in [-0.1, -0.05) is 43.6 Å². The van der Waals surface area contributed by atoms with Crippen LogP contribution in [0.1, 0.15) is 65.2 Å². The van der Waals surface area contributed by atoms with Crippen LogP contribution in [0.5, 0.6) is 0 Å². The van der Waals surface area contributed by atoms with Crippen LogP contribution >= 0.6 is 0 Å². The molecule has 4 rings (SSSR count). The van der Waals surface area contributed by atoms with E-state index in [-0.39, 0.29) is 11.3 Å². The van der Waals surface area contributed by atoms with Gasteiger partial charge < -0.3 is 10.2 Å². The first kappa shape index (κ1) is 16.4. The predicted molar refractivity (Wildman–Crippen MR) is 93.4 cm³/mol. The molecule has 4 aliphatic carbocycles. The maximum Gasteiger partial charge on any atom is 0.332 e. The summed E-state index contributed by atoms with van der Waals surface area (Å²) in [6.07, 6.45) is 12.8. The average molecular weight is 330 g/mol. The van der Waals surface area contributed by atoms with Crippen molar-refractivity contribution in [2.45, 2.75) is 71.3 Å². The second kappa shape index (κ2) is 5.45. The molecule has 0 amide bonds. The molecule has 3 saturated carbocycles. The van der Waals surface area contributed by atoms with E-state index in [2.05, 4.69) is 26.0 Å². The number of hydrogen-bond acceptors (Lipinski definition) is 2. The summed E-state index contributed by atoms with van der Waals surface area (Å²) in [6.45, 7) is 4.71. The van der Waals surface area contributed by atoms with Crippen LogP contribution in [0.4, 0.5) is 0 Å². The largest absolute Gasteiger partial charge is 0.479 e. The van der Waals surface area contributed by atoms with Gasteiger partial charge in [0.25, 0.3) is 0 Å². The van der Waals surface area contributed by atoms with Crippen LogP contribution in [0.3, 0.4) is 0 Å². The number of carboxylic acids is 1. The lowest BCUT2D eigenvalue weighted by atomic mass is 9.50. The fraction of sp³-hybridized carbons (Fsp3) is 0.762. The number of carboxylic acid groups (broad SMARTS) is 1. The summed E-state index contributed by atoms with van der Waals surface area (Å²) < 4.78 is 0. The van der Waals surface area contributed by atoms with Crippen molar-refractivity contribution in [2.75, 3.05) is 0 Å². The third-order valence-corrected chi connectivity index (χ3v) is 8.19. The van der Waals surface area contributed by atoms with E-state index in [9.17, 15) is 15.0 Å². The Balaban J connectivity index is 1.69.